The Hall–Kier alpha value is -1.60. The molecule has 1 rings (SSSR count). The smallest absolute Gasteiger partial charge is 0.124 e. The molecule has 0 radical (unpaired) electrons. The molecule has 0 aliphatic rings. The fourth-order valence-corrected chi connectivity index (χ4v) is 1.69. The first-order valence-electron chi connectivity index (χ1n) is 5.55. The van der Waals surface area contributed by atoms with Gasteiger partial charge in [-0.25, -0.2) is 4.39 Å². The lowest BCUT2D eigenvalue weighted by molar-refractivity contribution is 0.204. The van der Waals surface area contributed by atoms with Crippen molar-refractivity contribution in [3.63, 3.8) is 0 Å². The second-order valence-corrected chi connectivity index (χ2v) is 4.05. The predicted molar refractivity (Wildman–Crippen MR) is 65.5 cm³/mol. The number of anilines is 1. The first-order chi connectivity index (χ1) is 8.10. The van der Waals surface area contributed by atoms with Crippen LogP contribution in [0.1, 0.15) is 19.4 Å². The summed E-state index contributed by atoms with van der Waals surface area (Å²) in [5, 5.41) is 9.02. The van der Waals surface area contributed by atoms with Crippen molar-refractivity contribution in [3.8, 4) is 6.07 Å². The van der Waals surface area contributed by atoms with E-state index in [1.54, 1.807) is 13.2 Å². The zero-order chi connectivity index (χ0) is 12.8. The van der Waals surface area contributed by atoms with Gasteiger partial charge in [0.05, 0.1) is 17.9 Å². The van der Waals surface area contributed by atoms with Crippen molar-refractivity contribution >= 4 is 5.69 Å². The summed E-state index contributed by atoms with van der Waals surface area (Å²) < 4.78 is 18.1. The molecule has 0 N–H and O–H groups in total. The molecule has 0 spiro atoms. The van der Waals surface area contributed by atoms with Gasteiger partial charge in [0, 0.05) is 19.7 Å². The van der Waals surface area contributed by atoms with E-state index in [4.69, 9.17) is 10.00 Å². The molecule has 17 heavy (non-hydrogen) atoms. The fourth-order valence-electron chi connectivity index (χ4n) is 1.69. The zero-order valence-electron chi connectivity index (χ0n) is 10.4. The van der Waals surface area contributed by atoms with Gasteiger partial charge < -0.3 is 9.64 Å². The number of hydrogen-bond acceptors (Lipinski definition) is 3. The second-order valence-electron chi connectivity index (χ2n) is 4.05. The molecule has 0 bridgehead atoms. The van der Waals surface area contributed by atoms with Crippen molar-refractivity contribution < 1.29 is 9.13 Å². The molecule has 0 aliphatic carbocycles. The second kappa shape index (κ2) is 6.21. The minimum atomic E-state index is -0.388. The van der Waals surface area contributed by atoms with E-state index >= 15 is 0 Å². The predicted octanol–water partition coefficient (Wildman–Crippen LogP) is 2.56. The minimum absolute atomic E-state index is 0.225. The van der Waals surface area contributed by atoms with Gasteiger partial charge in [0.2, 0.25) is 0 Å². The van der Waals surface area contributed by atoms with Crippen LogP contribution in [0.3, 0.4) is 0 Å². The molecular formula is C13H17FN2O. The third-order valence-corrected chi connectivity index (χ3v) is 2.55. The molecule has 92 valence electrons. The van der Waals surface area contributed by atoms with Crippen LogP contribution in [0.5, 0.6) is 0 Å². The van der Waals surface area contributed by atoms with Crippen LogP contribution in [-0.4, -0.2) is 26.3 Å². The van der Waals surface area contributed by atoms with Gasteiger partial charge in [-0.2, -0.15) is 5.26 Å². The number of nitrogens with zero attached hydrogens (tertiary/aromatic N) is 2. The van der Waals surface area contributed by atoms with E-state index in [0.717, 1.165) is 5.69 Å². The van der Waals surface area contributed by atoms with E-state index in [-0.39, 0.29) is 11.9 Å². The lowest BCUT2D eigenvalue weighted by atomic mass is 10.1. The van der Waals surface area contributed by atoms with Crippen molar-refractivity contribution in [1.29, 1.82) is 5.26 Å². The van der Waals surface area contributed by atoms with E-state index < -0.39 is 0 Å². The normalized spacial score (nSPS) is 10.4. The van der Waals surface area contributed by atoms with Crippen molar-refractivity contribution in [2.45, 2.75) is 19.9 Å². The summed E-state index contributed by atoms with van der Waals surface area (Å²) >= 11 is 0. The van der Waals surface area contributed by atoms with Crippen LogP contribution in [0.25, 0.3) is 0 Å². The zero-order valence-corrected chi connectivity index (χ0v) is 10.4. The van der Waals surface area contributed by atoms with Crippen LogP contribution >= 0.6 is 0 Å². The van der Waals surface area contributed by atoms with Gasteiger partial charge in [-0.15, -0.1) is 0 Å². The summed E-state index contributed by atoms with van der Waals surface area (Å²) in [5.41, 5.74) is 1.11. The van der Waals surface area contributed by atoms with E-state index in [0.29, 0.717) is 18.7 Å². The molecule has 0 saturated heterocycles. The van der Waals surface area contributed by atoms with Crippen molar-refractivity contribution in [2.75, 3.05) is 25.2 Å². The number of nitriles is 1. The molecule has 1 aromatic carbocycles. The molecule has 0 unspecified atom stereocenters. The molecule has 0 aliphatic heterocycles. The molecule has 4 heteroatoms. The van der Waals surface area contributed by atoms with E-state index in [1.807, 2.05) is 24.8 Å². The highest BCUT2D eigenvalue weighted by atomic mass is 19.1. The molecule has 1 aromatic rings. The van der Waals surface area contributed by atoms with Gasteiger partial charge in [0.15, 0.2) is 0 Å². The number of methoxy groups -OCH3 is 1. The maximum atomic E-state index is 13.1. The first kappa shape index (κ1) is 13.5. The lowest BCUT2D eigenvalue weighted by Crippen LogP contribution is -2.34. The highest BCUT2D eigenvalue weighted by Gasteiger charge is 2.14. The average Bonchev–Trinajstić information content (AvgIpc) is 2.30. The highest BCUT2D eigenvalue weighted by Crippen LogP contribution is 2.22. The standard InChI is InChI=1S/C13H17FN2O/c1-10(2)16(6-7-17-3)13-5-4-12(14)8-11(13)9-15/h4-5,8,10H,6-7H2,1-3H3. The van der Waals surface area contributed by atoms with Gasteiger partial charge in [0.1, 0.15) is 11.9 Å². The maximum Gasteiger partial charge on any atom is 0.124 e. The summed E-state index contributed by atoms with van der Waals surface area (Å²) in [7, 11) is 1.63. The highest BCUT2D eigenvalue weighted by molar-refractivity contribution is 5.59. The molecule has 0 atom stereocenters. The van der Waals surface area contributed by atoms with Crippen molar-refractivity contribution in [2.24, 2.45) is 0 Å². The average molecular weight is 236 g/mol. The van der Waals surface area contributed by atoms with Crippen LogP contribution in [0.4, 0.5) is 10.1 Å². The quantitative estimate of drug-likeness (QED) is 0.788. The minimum Gasteiger partial charge on any atom is -0.383 e. The summed E-state index contributed by atoms with van der Waals surface area (Å²) in [6.45, 7) is 5.30. The summed E-state index contributed by atoms with van der Waals surface area (Å²) in [6.07, 6.45) is 0. The lowest BCUT2D eigenvalue weighted by Gasteiger charge is -2.29. The van der Waals surface area contributed by atoms with Crippen molar-refractivity contribution in [3.05, 3.63) is 29.6 Å². The Morgan fingerprint density at radius 1 is 1.47 bits per heavy atom. The molecule has 0 heterocycles. The third-order valence-electron chi connectivity index (χ3n) is 2.55. The Morgan fingerprint density at radius 3 is 2.71 bits per heavy atom. The third kappa shape index (κ3) is 3.43. The molecule has 0 saturated carbocycles. The van der Waals surface area contributed by atoms with Crippen LogP contribution in [-0.2, 0) is 4.74 Å². The monoisotopic (exact) mass is 236 g/mol. The number of hydrogen-bond donors (Lipinski definition) is 0. The van der Waals surface area contributed by atoms with Crippen LogP contribution < -0.4 is 4.90 Å². The largest absolute Gasteiger partial charge is 0.383 e. The molecule has 0 aromatic heterocycles. The fraction of sp³-hybridized carbons (Fsp3) is 0.462. The van der Waals surface area contributed by atoms with Crippen LogP contribution in [0, 0.1) is 17.1 Å². The Labute approximate surface area is 101 Å². The Balaban J connectivity index is 3.05. The summed E-state index contributed by atoms with van der Waals surface area (Å²) in [4.78, 5) is 2.03. The molecular weight excluding hydrogens is 219 g/mol. The Bertz CT molecular complexity index is 412. The molecule has 0 fully saturated rings. The number of ether oxygens (including phenoxy) is 1. The van der Waals surface area contributed by atoms with Gasteiger partial charge in [-0.3, -0.25) is 0 Å². The SMILES string of the molecule is COCCN(c1ccc(F)cc1C#N)C(C)C. The Morgan fingerprint density at radius 2 is 2.18 bits per heavy atom. The van der Waals surface area contributed by atoms with Crippen LogP contribution in [0.15, 0.2) is 18.2 Å². The van der Waals surface area contributed by atoms with Gasteiger partial charge in [-0.1, -0.05) is 0 Å². The molecule has 0 amide bonds. The topological polar surface area (TPSA) is 36.3 Å². The summed E-state index contributed by atoms with van der Waals surface area (Å²) in [5.74, 6) is -0.388. The number of rotatable bonds is 5. The van der Waals surface area contributed by atoms with E-state index in [1.165, 1.54) is 12.1 Å². The number of halogens is 1. The Kier molecular flexibility index (Phi) is 4.92. The van der Waals surface area contributed by atoms with E-state index in [2.05, 4.69) is 0 Å². The van der Waals surface area contributed by atoms with E-state index in [9.17, 15) is 4.39 Å². The van der Waals surface area contributed by atoms with Gasteiger partial charge >= 0.3 is 0 Å². The maximum absolute atomic E-state index is 13.1. The van der Waals surface area contributed by atoms with Gasteiger partial charge in [-0.05, 0) is 32.0 Å². The van der Waals surface area contributed by atoms with Crippen LogP contribution in [0.2, 0.25) is 0 Å². The van der Waals surface area contributed by atoms with Gasteiger partial charge in [0.25, 0.3) is 0 Å². The molecule has 3 nitrogen and oxygen atoms in total. The first-order valence-corrected chi connectivity index (χ1v) is 5.55. The summed E-state index contributed by atoms with van der Waals surface area (Å²) in [6, 6.07) is 6.53. The number of benzene rings is 1. The van der Waals surface area contributed by atoms with Crippen molar-refractivity contribution in [1.82, 2.24) is 0 Å².